The Balaban J connectivity index is 1.96. The van der Waals surface area contributed by atoms with Crippen molar-refractivity contribution in [3.05, 3.63) is 64.7 Å². The minimum absolute atomic E-state index is 0.130. The van der Waals surface area contributed by atoms with Crippen molar-refractivity contribution in [2.45, 2.75) is 19.6 Å². The average Bonchev–Trinajstić information content (AvgIpc) is 2.54. The van der Waals surface area contributed by atoms with E-state index in [1.807, 2.05) is 12.1 Å². The number of carbonyl (C=O) groups excluding carboxylic acids is 1. The standard InChI is InChI=1S/C18H17ClN2O2/c1-13(23-17-5-3-4-16(19)10-17)18(22)21(2)12-15-8-6-14(11-20)7-9-15/h3-10,13H,12H2,1-2H3. The van der Waals surface area contributed by atoms with E-state index in [2.05, 4.69) is 6.07 Å². The van der Waals surface area contributed by atoms with Crippen molar-refractivity contribution in [2.75, 3.05) is 7.05 Å². The Morgan fingerprint density at radius 1 is 1.30 bits per heavy atom. The highest BCUT2D eigenvalue weighted by Gasteiger charge is 2.19. The van der Waals surface area contributed by atoms with Crippen molar-refractivity contribution < 1.29 is 9.53 Å². The molecule has 118 valence electrons. The van der Waals surface area contributed by atoms with Crippen molar-refractivity contribution in [3.63, 3.8) is 0 Å². The molecule has 1 atom stereocenters. The second kappa shape index (κ2) is 7.66. The molecule has 0 saturated carbocycles. The lowest BCUT2D eigenvalue weighted by Crippen LogP contribution is -2.37. The van der Waals surface area contributed by atoms with E-state index >= 15 is 0 Å². The van der Waals surface area contributed by atoms with Gasteiger partial charge in [-0.15, -0.1) is 0 Å². The minimum Gasteiger partial charge on any atom is -0.481 e. The highest BCUT2D eigenvalue weighted by atomic mass is 35.5. The average molecular weight is 329 g/mol. The Bertz CT molecular complexity index is 723. The van der Waals surface area contributed by atoms with Gasteiger partial charge in [-0.1, -0.05) is 29.8 Å². The zero-order valence-corrected chi connectivity index (χ0v) is 13.7. The van der Waals surface area contributed by atoms with Crippen molar-refractivity contribution in [3.8, 4) is 11.8 Å². The number of likely N-dealkylation sites (N-methyl/N-ethyl adjacent to an activating group) is 1. The predicted octanol–water partition coefficient (Wildman–Crippen LogP) is 3.64. The summed E-state index contributed by atoms with van der Waals surface area (Å²) in [7, 11) is 1.72. The lowest BCUT2D eigenvalue weighted by molar-refractivity contribution is -0.137. The van der Waals surface area contributed by atoms with E-state index in [1.165, 1.54) is 0 Å². The van der Waals surface area contributed by atoms with Gasteiger partial charge < -0.3 is 9.64 Å². The molecule has 0 N–H and O–H groups in total. The number of benzene rings is 2. The van der Waals surface area contributed by atoms with Gasteiger partial charge in [0.05, 0.1) is 11.6 Å². The van der Waals surface area contributed by atoms with Crippen LogP contribution in [0.25, 0.3) is 0 Å². The monoisotopic (exact) mass is 328 g/mol. The van der Waals surface area contributed by atoms with Crippen LogP contribution < -0.4 is 4.74 Å². The third-order valence-electron chi connectivity index (χ3n) is 3.34. The Hall–Kier alpha value is -2.51. The van der Waals surface area contributed by atoms with E-state index in [4.69, 9.17) is 21.6 Å². The molecule has 0 bridgehead atoms. The molecule has 0 saturated heterocycles. The van der Waals surface area contributed by atoms with Gasteiger partial charge in [0, 0.05) is 18.6 Å². The number of hydrogen-bond donors (Lipinski definition) is 0. The number of rotatable bonds is 5. The van der Waals surface area contributed by atoms with Crippen LogP contribution in [0.1, 0.15) is 18.1 Å². The van der Waals surface area contributed by atoms with Crippen LogP contribution in [0, 0.1) is 11.3 Å². The number of ether oxygens (including phenoxy) is 1. The molecule has 0 aliphatic heterocycles. The molecule has 0 spiro atoms. The molecule has 0 radical (unpaired) electrons. The summed E-state index contributed by atoms with van der Waals surface area (Å²) in [6, 6.07) is 16.2. The van der Waals surface area contributed by atoms with Gasteiger partial charge in [-0.2, -0.15) is 5.26 Å². The first-order chi connectivity index (χ1) is 11.0. The molecular weight excluding hydrogens is 312 g/mol. The van der Waals surface area contributed by atoms with Crippen molar-refractivity contribution >= 4 is 17.5 Å². The molecule has 2 rings (SSSR count). The van der Waals surface area contributed by atoms with Crippen molar-refractivity contribution in [1.82, 2.24) is 4.90 Å². The van der Waals surface area contributed by atoms with Crippen LogP contribution in [0.2, 0.25) is 5.02 Å². The summed E-state index contributed by atoms with van der Waals surface area (Å²) >= 11 is 5.90. The Morgan fingerprint density at radius 3 is 2.61 bits per heavy atom. The summed E-state index contributed by atoms with van der Waals surface area (Å²) in [5.74, 6) is 0.430. The number of amides is 1. The number of carbonyl (C=O) groups is 1. The number of nitrogens with zero attached hydrogens (tertiary/aromatic N) is 2. The Morgan fingerprint density at radius 2 is 2.00 bits per heavy atom. The van der Waals surface area contributed by atoms with E-state index in [1.54, 1.807) is 55.3 Å². The van der Waals surface area contributed by atoms with Crippen LogP contribution in [0.5, 0.6) is 5.75 Å². The maximum atomic E-state index is 12.4. The smallest absolute Gasteiger partial charge is 0.263 e. The molecular formula is C18H17ClN2O2. The molecule has 0 heterocycles. The van der Waals surface area contributed by atoms with Gasteiger partial charge in [-0.05, 0) is 42.8 Å². The summed E-state index contributed by atoms with van der Waals surface area (Å²) < 4.78 is 5.63. The maximum Gasteiger partial charge on any atom is 0.263 e. The largest absolute Gasteiger partial charge is 0.481 e. The third-order valence-corrected chi connectivity index (χ3v) is 3.57. The first kappa shape index (κ1) is 16.9. The Kier molecular flexibility index (Phi) is 5.61. The topological polar surface area (TPSA) is 53.3 Å². The van der Waals surface area contributed by atoms with Crippen LogP contribution in [0.3, 0.4) is 0 Å². The van der Waals surface area contributed by atoms with Gasteiger partial charge >= 0.3 is 0 Å². The molecule has 0 aliphatic rings. The SMILES string of the molecule is CC(Oc1cccc(Cl)c1)C(=O)N(C)Cc1ccc(C#N)cc1. The zero-order chi connectivity index (χ0) is 16.8. The lowest BCUT2D eigenvalue weighted by atomic mass is 10.1. The van der Waals surface area contributed by atoms with E-state index in [9.17, 15) is 4.79 Å². The molecule has 1 unspecified atom stereocenters. The van der Waals surface area contributed by atoms with Gasteiger partial charge in [0.1, 0.15) is 5.75 Å². The Labute approximate surface area is 140 Å². The summed E-state index contributed by atoms with van der Waals surface area (Å²) in [5.41, 5.74) is 1.55. The number of nitriles is 1. The minimum atomic E-state index is -0.614. The number of halogens is 1. The second-order valence-electron chi connectivity index (χ2n) is 5.22. The van der Waals surface area contributed by atoms with Crippen molar-refractivity contribution in [1.29, 1.82) is 5.26 Å². The summed E-state index contributed by atoms with van der Waals surface area (Å²) in [6.07, 6.45) is -0.614. The van der Waals surface area contributed by atoms with Crippen molar-refractivity contribution in [2.24, 2.45) is 0 Å². The molecule has 4 nitrogen and oxygen atoms in total. The van der Waals surface area contributed by atoms with Gasteiger partial charge in [-0.3, -0.25) is 4.79 Å². The van der Waals surface area contributed by atoms with Crippen LogP contribution in [0.15, 0.2) is 48.5 Å². The molecule has 0 aromatic heterocycles. The van der Waals surface area contributed by atoms with E-state index in [-0.39, 0.29) is 5.91 Å². The molecule has 2 aromatic carbocycles. The molecule has 0 fully saturated rings. The molecule has 2 aromatic rings. The van der Waals surface area contributed by atoms with Gasteiger partial charge in [-0.25, -0.2) is 0 Å². The third kappa shape index (κ3) is 4.73. The van der Waals surface area contributed by atoms with Gasteiger partial charge in [0.15, 0.2) is 6.10 Å². The van der Waals surface area contributed by atoms with Crippen LogP contribution >= 0.6 is 11.6 Å². The molecule has 23 heavy (non-hydrogen) atoms. The molecule has 1 amide bonds. The second-order valence-corrected chi connectivity index (χ2v) is 5.66. The first-order valence-electron chi connectivity index (χ1n) is 7.16. The molecule has 5 heteroatoms. The van der Waals surface area contributed by atoms with E-state index in [0.29, 0.717) is 22.9 Å². The van der Waals surface area contributed by atoms with Crippen LogP contribution in [-0.4, -0.2) is 24.0 Å². The van der Waals surface area contributed by atoms with Crippen LogP contribution in [0.4, 0.5) is 0 Å². The summed E-state index contributed by atoms with van der Waals surface area (Å²) in [6.45, 7) is 2.16. The van der Waals surface area contributed by atoms with Gasteiger partial charge in [0.25, 0.3) is 5.91 Å². The number of hydrogen-bond acceptors (Lipinski definition) is 3. The highest BCUT2D eigenvalue weighted by Crippen LogP contribution is 2.19. The van der Waals surface area contributed by atoms with Crippen LogP contribution in [-0.2, 0) is 11.3 Å². The maximum absolute atomic E-state index is 12.4. The fourth-order valence-corrected chi connectivity index (χ4v) is 2.32. The zero-order valence-electron chi connectivity index (χ0n) is 13.0. The fourth-order valence-electron chi connectivity index (χ4n) is 2.14. The fraction of sp³-hybridized carbons (Fsp3) is 0.222. The normalized spacial score (nSPS) is 11.4. The van der Waals surface area contributed by atoms with E-state index in [0.717, 1.165) is 5.56 Å². The first-order valence-corrected chi connectivity index (χ1v) is 7.53. The lowest BCUT2D eigenvalue weighted by Gasteiger charge is -2.22. The van der Waals surface area contributed by atoms with Gasteiger partial charge in [0.2, 0.25) is 0 Å². The predicted molar refractivity (Wildman–Crippen MR) is 89.2 cm³/mol. The highest BCUT2D eigenvalue weighted by molar-refractivity contribution is 6.30. The van der Waals surface area contributed by atoms with E-state index < -0.39 is 6.10 Å². The quantitative estimate of drug-likeness (QED) is 0.842. The molecule has 0 aliphatic carbocycles. The summed E-state index contributed by atoms with van der Waals surface area (Å²) in [5, 5.41) is 9.35. The summed E-state index contributed by atoms with van der Waals surface area (Å²) in [4.78, 5) is 14.0.